The second-order valence-electron chi connectivity index (χ2n) is 3.48. The van der Waals surface area contributed by atoms with E-state index in [1.165, 1.54) is 10.6 Å². The molecule has 0 aliphatic heterocycles. The van der Waals surface area contributed by atoms with Crippen LogP contribution < -0.4 is 5.56 Å². The van der Waals surface area contributed by atoms with Crippen molar-refractivity contribution >= 4 is 11.6 Å². The number of aromatic nitrogens is 2. The molecule has 0 fully saturated rings. The molecule has 1 aromatic rings. The number of halogens is 1. The smallest absolute Gasteiger partial charge is 0.256 e. The van der Waals surface area contributed by atoms with Gasteiger partial charge in [0.1, 0.15) is 17.7 Å². The van der Waals surface area contributed by atoms with Gasteiger partial charge in [0.15, 0.2) is 0 Å². The van der Waals surface area contributed by atoms with Crippen LogP contribution in [0.3, 0.4) is 0 Å². The molecule has 4 nitrogen and oxygen atoms in total. The van der Waals surface area contributed by atoms with Crippen molar-refractivity contribution in [2.75, 3.05) is 6.61 Å². The summed E-state index contributed by atoms with van der Waals surface area (Å²) >= 11 is 5.73. The quantitative estimate of drug-likeness (QED) is 0.744. The Hall–Kier alpha value is -0.870. The lowest BCUT2D eigenvalue weighted by molar-refractivity contribution is 0.0817. The van der Waals surface area contributed by atoms with E-state index in [1.807, 2.05) is 20.8 Å². The van der Waals surface area contributed by atoms with E-state index in [-0.39, 0.29) is 23.4 Å². The van der Waals surface area contributed by atoms with E-state index in [9.17, 15) is 4.79 Å². The molecule has 0 bridgehead atoms. The second kappa shape index (κ2) is 5.28. The predicted molar refractivity (Wildman–Crippen MR) is 59.2 cm³/mol. The summed E-state index contributed by atoms with van der Waals surface area (Å²) in [6, 6.07) is 1.30. The first-order chi connectivity index (χ1) is 7.06. The third kappa shape index (κ3) is 3.04. The molecular formula is C10H15ClN2O2. The highest BCUT2D eigenvalue weighted by Gasteiger charge is 2.10. The summed E-state index contributed by atoms with van der Waals surface area (Å²) in [7, 11) is 0. The first-order valence-corrected chi connectivity index (χ1v) is 5.29. The van der Waals surface area contributed by atoms with Crippen LogP contribution in [0.15, 0.2) is 10.9 Å². The minimum atomic E-state index is -0.174. The number of ether oxygens (including phenoxy) is 1. The van der Waals surface area contributed by atoms with E-state index in [4.69, 9.17) is 16.3 Å². The maximum Gasteiger partial charge on any atom is 0.256 e. The van der Waals surface area contributed by atoms with Gasteiger partial charge in [0, 0.05) is 18.6 Å². The van der Waals surface area contributed by atoms with Gasteiger partial charge in [-0.1, -0.05) is 25.4 Å². The fourth-order valence-electron chi connectivity index (χ4n) is 1.25. The van der Waals surface area contributed by atoms with Gasteiger partial charge >= 0.3 is 0 Å². The lowest BCUT2D eigenvalue weighted by Crippen LogP contribution is -2.26. The summed E-state index contributed by atoms with van der Waals surface area (Å²) in [6.07, 6.45) is 0. The van der Waals surface area contributed by atoms with Gasteiger partial charge in [0.25, 0.3) is 5.56 Å². The van der Waals surface area contributed by atoms with Gasteiger partial charge < -0.3 is 4.74 Å². The zero-order chi connectivity index (χ0) is 11.4. The molecule has 0 unspecified atom stereocenters. The Morgan fingerprint density at radius 3 is 2.80 bits per heavy atom. The molecule has 0 N–H and O–H groups in total. The summed E-state index contributed by atoms with van der Waals surface area (Å²) < 4.78 is 6.71. The highest BCUT2D eigenvalue weighted by atomic mass is 35.5. The Balaban J connectivity index is 3.15. The van der Waals surface area contributed by atoms with Gasteiger partial charge in [-0.2, -0.15) is 0 Å². The van der Waals surface area contributed by atoms with Crippen molar-refractivity contribution in [2.45, 2.75) is 33.4 Å². The van der Waals surface area contributed by atoms with Gasteiger partial charge in [-0.05, 0) is 6.92 Å². The van der Waals surface area contributed by atoms with E-state index in [0.717, 1.165) is 0 Å². The molecule has 0 saturated heterocycles. The first kappa shape index (κ1) is 12.2. The Morgan fingerprint density at radius 2 is 2.27 bits per heavy atom. The normalized spacial score (nSPS) is 11.0. The summed E-state index contributed by atoms with van der Waals surface area (Å²) in [5.74, 6) is 0.790. The maximum atomic E-state index is 11.6. The van der Waals surface area contributed by atoms with E-state index in [2.05, 4.69) is 4.98 Å². The Kier molecular flexibility index (Phi) is 4.29. The number of rotatable bonds is 4. The van der Waals surface area contributed by atoms with Crippen LogP contribution in [0.4, 0.5) is 0 Å². The Labute approximate surface area is 93.8 Å². The van der Waals surface area contributed by atoms with E-state index >= 15 is 0 Å². The Morgan fingerprint density at radius 1 is 1.60 bits per heavy atom. The molecule has 84 valence electrons. The number of hydrogen-bond donors (Lipinski definition) is 0. The van der Waals surface area contributed by atoms with Gasteiger partial charge in [-0.3, -0.25) is 9.36 Å². The molecule has 1 heterocycles. The minimum absolute atomic E-state index is 0.136. The lowest BCUT2D eigenvalue weighted by Gasteiger charge is -2.14. The fourth-order valence-corrected chi connectivity index (χ4v) is 1.43. The highest BCUT2D eigenvalue weighted by Crippen LogP contribution is 2.12. The summed E-state index contributed by atoms with van der Waals surface area (Å²) in [4.78, 5) is 15.8. The highest BCUT2D eigenvalue weighted by molar-refractivity contribution is 6.29. The summed E-state index contributed by atoms with van der Waals surface area (Å²) in [6.45, 7) is 6.59. The lowest BCUT2D eigenvalue weighted by atomic mass is 10.2. The standard InChI is InChI=1S/C10H15ClN2O2/c1-4-15-6-13-9(14)5-8(11)12-10(13)7(2)3/h5,7H,4,6H2,1-3H3. The number of hydrogen-bond acceptors (Lipinski definition) is 3. The average Bonchev–Trinajstić information content (AvgIpc) is 2.15. The van der Waals surface area contributed by atoms with Crippen molar-refractivity contribution in [1.82, 2.24) is 9.55 Å². The molecule has 1 aromatic heterocycles. The molecule has 5 heteroatoms. The van der Waals surface area contributed by atoms with Crippen LogP contribution in [-0.4, -0.2) is 16.2 Å². The largest absolute Gasteiger partial charge is 0.361 e. The van der Waals surface area contributed by atoms with E-state index in [1.54, 1.807) is 0 Å². The Bertz CT molecular complexity index is 387. The molecule has 0 aromatic carbocycles. The van der Waals surface area contributed by atoms with Crippen LogP contribution in [0.25, 0.3) is 0 Å². The van der Waals surface area contributed by atoms with Gasteiger partial charge in [0.05, 0.1) is 0 Å². The van der Waals surface area contributed by atoms with Gasteiger partial charge in [-0.15, -0.1) is 0 Å². The van der Waals surface area contributed by atoms with Crippen LogP contribution in [0.5, 0.6) is 0 Å². The first-order valence-electron chi connectivity index (χ1n) is 4.91. The molecule has 0 amide bonds. The van der Waals surface area contributed by atoms with Crippen LogP contribution in [0.1, 0.15) is 32.5 Å². The third-order valence-corrected chi connectivity index (χ3v) is 2.14. The van der Waals surface area contributed by atoms with E-state index in [0.29, 0.717) is 12.4 Å². The summed E-state index contributed by atoms with van der Waals surface area (Å²) in [5, 5.41) is 0.233. The zero-order valence-electron chi connectivity index (χ0n) is 9.16. The van der Waals surface area contributed by atoms with Crippen LogP contribution >= 0.6 is 11.6 Å². The third-order valence-electron chi connectivity index (χ3n) is 1.95. The molecule has 0 atom stereocenters. The zero-order valence-corrected chi connectivity index (χ0v) is 9.91. The molecule has 15 heavy (non-hydrogen) atoms. The second-order valence-corrected chi connectivity index (χ2v) is 3.87. The molecule has 0 radical (unpaired) electrons. The number of nitrogens with zero attached hydrogens (tertiary/aromatic N) is 2. The van der Waals surface area contributed by atoms with Gasteiger partial charge in [-0.25, -0.2) is 4.98 Å². The topological polar surface area (TPSA) is 44.1 Å². The van der Waals surface area contributed by atoms with Crippen molar-refractivity contribution < 1.29 is 4.74 Å². The van der Waals surface area contributed by atoms with Crippen molar-refractivity contribution in [3.05, 3.63) is 27.4 Å². The molecular weight excluding hydrogens is 216 g/mol. The van der Waals surface area contributed by atoms with Crippen molar-refractivity contribution in [3.63, 3.8) is 0 Å². The molecule has 0 aliphatic carbocycles. The summed E-state index contributed by atoms with van der Waals surface area (Å²) in [5.41, 5.74) is -0.174. The van der Waals surface area contributed by atoms with Crippen molar-refractivity contribution in [1.29, 1.82) is 0 Å². The maximum absolute atomic E-state index is 11.6. The molecule has 0 saturated carbocycles. The monoisotopic (exact) mass is 230 g/mol. The van der Waals surface area contributed by atoms with Crippen LogP contribution in [-0.2, 0) is 11.5 Å². The molecule has 1 rings (SSSR count). The van der Waals surface area contributed by atoms with E-state index < -0.39 is 0 Å². The molecule has 0 aliphatic rings. The SMILES string of the molecule is CCOCn1c(C(C)C)nc(Cl)cc1=O. The van der Waals surface area contributed by atoms with Crippen molar-refractivity contribution in [2.24, 2.45) is 0 Å². The van der Waals surface area contributed by atoms with Crippen LogP contribution in [0.2, 0.25) is 5.15 Å². The predicted octanol–water partition coefficient (Wildman–Crippen LogP) is 2.01. The fraction of sp³-hybridized carbons (Fsp3) is 0.600. The van der Waals surface area contributed by atoms with Crippen LogP contribution in [0, 0.1) is 0 Å². The average molecular weight is 231 g/mol. The van der Waals surface area contributed by atoms with Gasteiger partial charge in [0.2, 0.25) is 0 Å². The minimum Gasteiger partial charge on any atom is -0.361 e. The molecule has 0 spiro atoms. The van der Waals surface area contributed by atoms with Crippen molar-refractivity contribution in [3.8, 4) is 0 Å².